The molecule has 0 aliphatic rings. The highest BCUT2D eigenvalue weighted by atomic mass is 19.3. The summed E-state index contributed by atoms with van der Waals surface area (Å²) >= 11 is 0. The lowest BCUT2D eigenvalue weighted by Gasteiger charge is -2.15. The maximum atomic E-state index is 12.8. The molecule has 0 bridgehead atoms. The third kappa shape index (κ3) is 2.66. The molecule has 18 heavy (non-hydrogen) atoms. The first-order valence-electron chi connectivity index (χ1n) is 4.66. The molecule has 0 aliphatic carbocycles. The van der Waals surface area contributed by atoms with Gasteiger partial charge in [-0.2, -0.15) is 8.78 Å². The van der Waals surface area contributed by atoms with E-state index >= 15 is 0 Å². The molecule has 0 fully saturated rings. The highest BCUT2D eigenvalue weighted by Gasteiger charge is 2.42. The third-order valence-corrected chi connectivity index (χ3v) is 2.13. The van der Waals surface area contributed by atoms with Crippen LogP contribution in [0.3, 0.4) is 0 Å². The van der Waals surface area contributed by atoms with Gasteiger partial charge in [-0.3, -0.25) is 14.2 Å². The van der Waals surface area contributed by atoms with E-state index < -0.39 is 41.5 Å². The number of hydrogen-bond donors (Lipinski definition) is 1. The van der Waals surface area contributed by atoms with Gasteiger partial charge in [0.1, 0.15) is 6.54 Å². The SMILES string of the molecule is CC(=O)c1c[nH]c(=O)n(CC(F)(F)C(F)F)c1=O. The van der Waals surface area contributed by atoms with Gasteiger partial charge in [0.05, 0.1) is 5.56 Å². The minimum absolute atomic E-state index is 0.122. The summed E-state index contributed by atoms with van der Waals surface area (Å²) in [4.78, 5) is 35.4. The van der Waals surface area contributed by atoms with Gasteiger partial charge in [-0.05, 0) is 6.92 Å². The number of H-pyrrole nitrogens is 1. The monoisotopic (exact) mass is 268 g/mol. The molecule has 1 aromatic heterocycles. The molecule has 5 nitrogen and oxygen atoms in total. The van der Waals surface area contributed by atoms with E-state index in [4.69, 9.17) is 0 Å². The van der Waals surface area contributed by atoms with Gasteiger partial charge in [-0.1, -0.05) is 0 Å². The van der Waals surface area contributed by atoms with Crippen LogP contribution in [0.2, 0.25) is 0 Å². The Morgan fingerprint density at radius 1 is 1.44 bits per heavy atom. The first-order valence-corrected chi connectivity index (χ1v) is 4.66. The Hall–Kier alpha value is -1.93. The molecule has 0 amide bonds. The summed E-state index contributed by atoms with van der Waals surface area (Å²) in [6.07, 6.45) is -3.27. The fourth-order valence-electron chi connectivity index (χ4n) is 1.19. The van der Waals surface area contributed by atoms with Crippen molar-refractivity contribution in [3.8, 4) is 0 Å². The van der Waals surface area contributed by atoms with E-state index in [2.05, 4.69) is 0 Å². The van der Waals surface area contributed by atoms with Crippen LogP contribution in [0.25, 0.3) is 0 Å². The second kappa shape index (κ2) is 4.75. The van der Waals surface area contributed by atoms with Crippen LogP contribution < -0.4 is 11.2 Å². The standard InChI is InChI=1S/C9H8F4N2O3/c1-4(16)5-2-14-8(18)15(6(5)17)3-9(12,13)7(10)11/h2,7H,3H2,1H3,(H,14,18). The Balaban J connectivity index is 3.34. The minimum Gasteiger partial charge on any atom is -0.313 e. The quantitative estimate of drug-likeness (QED) is 0.643. The van der Waals surface area contributed by atoms with E-state index in [1.54, 1.807) is 0 Å². The van der Waals surface area contributed by atoms with Crippen molar-refractivity contribution in [2.24, 2.45) is 0 Å². The normalized spacial score (nSPS) is 11.9. The molecule has 9 heteroatoms. The number of aromatic nitrogens is 2. The van der Waals surface area contributed by atoms with E-state index in [1.165, 1.54) is 0 Å². The molecule has 0 atom stereocenters. The number of Topliss-reactive ketones (excluding diaryl/α,β-unsaturated/α-hetero) is 1. The summed E-state index contributed by atoms with van der Waals surface area (Å²) in [6.45, 7) is -0.815. The number of ketones is 1. The lowest BCUT2D eigenvalue weighted by molar-refractivity contribution is -0.138. The van der Waals surface area contributed by atoms with Crippen LogP contribution in [0.4, 0.5) is 17.6 Å². The highest BCUT2D eigenvalue weighted by molar-refractivity contribution is 5.93. The summed E-state index contributed by atoms with van der Waals surface area (Å²) in [7, 11) is 0. The number of aromatic amines is 1. The van der Waals surface area contributed by atoms with Crippen molar-refractivity contribution in [3.63, 3.8) is 0 Å². The molecule has 0 radical (unpaired) electrons. The zero-order valence-electron chi connectivity index (χ0n) is 9.05. The summed E-state index contributed by atoms with van der Waals surface area (Å²) in [6, 6.07) is 0. The molecular weight excluding hydrogens is 260 g/mol. The van der Waals surface area contributed by atoms with Crippen molar-refractivity contribution in [3.05, 3.63) is 32.6 Å². The number of nitrogens with zero attached hydrogens (tertiary/aromatic N) is 1. The van der Waals surface area contributed by atoms with Crippen molar-refractivity contribution in [1.29, 1.82) is 0 Å². The number of nitrogens with one attached hydrogen (secondary N) is 1. The van der Waals surface area contributed by atoms with Crippen molar-refractivity contribution in [2.45, 2.75) is 25.8 Å². The fourth-order valence-corrected chi connectivity index (χ4v) is 1.19. The molecule has 1 N–H and O–H groups in total. The average molecular weight is 268 g/mol. The van der Waals surface area contributed by atoms with Crippen LogP contribution in [0.15, 0.2) is 15.8 Å². The number of rotatable bonds is 4. The van der Waals surface area contributed by atoms with Crippen LogP contribution in [-0.2, 0) is 6.54 Å². The maximum absolute atomic E-state index is 12.8. The van der Waals surface area contributed by atoms with Crippen LogP contribution in [0, 0.1) is 0 Å². The first-order chi connectivity index (χ1) is 8.16. The Morgan fingerprint density at radius 2 is 2.00 bits per heavy atom. The van der Waals surface area contributed by atoms with Crippen molar-refractivity contribution in [1.82, 2.24) is 9.55 Å². The van der Waals surface area contributed by atoms with E-state index in [0.717, 1.165) is 13.1 Å². The van der Waals surface area contributed by atoms with Crippen LogP contribution in [0.5, 0.6) is 0 Å². The second-order valence-corrected chi connectivity index (χ2v) is 3.52. The van der Waals surface area contributed by atoms with Gasteiger partial charge in [0.25, 0.3) is 5.56 Å². The van der Waals surface area contributed by atoms with Gasteiger partial charge in [-0.25, -0.2) is 13.6 Å². The molecule has 0 saturated heterocycles. The zero-order valence-corrected chi connectivity index (χ0v) is 9.05. The highest BCUT2D eigenvalue weighted by Crippen LogP contribution is 2.23. The van der Waals surface area contributed by atoms with Gasteiger partial charge in [0.15, 0.2) is 5.78 Å². The Bertz CT molecular complexity index is 576. The van der Waals surface area contributed by atoms with Crippen LogP contribution >= 0.6 is 0 Å². The second-order valence-electron chi connectivity index (χ2n) is 3.52. The largest absolute Gasteiger partial charge is 0.328 e. The first kappa shape index (κ1) is 14.1. The number of alkyl halides is 4. The summed E-state index contributed by atoms with van der Waals surface area (Å²) in [5.74, 6) is -5.31. The van der Waals surface area contributed by atoms with Crippen molar-refractivity contribution in [2.75, 3.05) is 0 Å². The summed E-state index contributed by atoms with van der Waals surface area (Å²) in [5.41, 5.74) is -3.17. The van der Waals surface area contributed by atoms with Crippen molar-refractivity contribution < 1.29 is 22.4 Å². The van der Waals surface area contributed by atoms with E-state index in [0.29, 0.717) is 0 Å². The number of carbonyl (C=O) groups is 1. The van der Waals surface area contributed by atoms with E-state index in [9.17, 15) is 31.9 Å². The molecule has 0 saturated carbocycles. The summed E-state index contributed by atoms with van der Waals surface area (Å²) in [5, 5.41) is 0. The van der Waals surface area contributed by atoms with Crippen LogP contribution in [-0.4, -0.2) is 27.7 Å². The van der Waals surface area contributed by atoms with E-state index in [1.807, 2.05) is 4.98 Å². The fraction of sp³-hybridized carbons (Fsp3) is 0.444. The molecular formula is C9H8F4N2O3. The van der Waals surface area contributed by atoms with Gasteiger partial charge >= 0.3 is 18.0 Å². The lowest BCUT2D eigenvalue weighted by atomic mass is 10.2. The molecule has 100 valence electrons. The molecule has 0 aromatic carbocycles. The van der Waals surface area contributed by atoms with Gasteiger partial charge in [-0.15, -0.1) is 0 Å². The molecule has 0 unspecified atom stereocenters. The predicted octanol–water partition coefficient (Wildman–Crippen LogP) is 0.640. The Kier molecular flexibility index (Phi) is 3.73. The van der Waals surface area contributed by atoms with E-state index in [-0.39, 0.29) is 4.57 Å². The maximum Gasteiger partial charge on any atom is 0.328 e. The predicted molar refractivity (Wildman–Crippen MR) is 52.3 cm³/mol. The topological polar surface area (TPSA) is 71.9 Å². The Morgan fingerprint density at radius 3 is 2.44 bits per heavy atom. The Labute approximate surface area is 97.1 Å². The molecule has 0 spiro atoms. The molecule has 1 heterocycles. The molecule has 1 rings (SSSR count). The smallest absolute Gasteiger partial charge is 0.313 e. The van der Waals surface area contributed by atoms with Crippen LogP contribution in [0.1, 0.15) is 17.3 Å². The number of hydrogen-bond acceptors (Lipinski definition) is 3. The number of halogens is 4. The minimum atomic E-state index is -4.54. The third-order valence-electron chi connectivity index (χ3n) is 2.13. The summed E-state index contributed by atoms with van der Waals surface area (Å²) < 4.78 is 49.4. The van der Waals surface area contributed by atoms with Gasteiger partial charge < -0.3 is 4.98 Å². The van der Waals surface area contributed by atoms with Gasteiger partial charge in [0.2, 0.25) is 0 Å². The molecule has 0 aliphatic heterocycles. The lowest BCUT2D eigenvalue weighted by Crippen LogP contribution is -2.44. The van der Waals surface area contributed by atoms with Gasteiger partial charge in [0, 0.05) is 6.20 Å². The number of carbonyl (C=O) groups excluding carboxylic acids is 1. The molecule has 1 aromatic rings. The van der Waals surface area contributed by atoms with Crippen molar-refractivity contribution >= 4 is 5.78 Å². The average Bonchev–Trinajstić information content (AvgIpc) is 2.23. The zero-order chi connectivity index (χ0) is 14.1.